The van der Waals surface area contributed by atoms with Crippen molar-refractivity contribution in [2.24, 2.45) is 0 Å². The Balaban J connectivity index is 1.67. The van der Waals surface area contributed by atoms with Gasteiger partial charge in [-0.3, -0.25) is 14.2 Å². The predicted molar refractivity (Wildman–Crippen MR) is 121 cm³/mol. The summed E-state index contributed by atoms with van der Waals surface area (Å²) in [5.74, 6) is 0.516. The van der Waals surface area contributed by atoms with Gasteiger partial charge in [-0.25, -0.2) is 4.98 Å². The molecule has 0 atom stereocenters. The van der Waals surface area contributed by atoms with Crippen LogP contribution in [0.15, 0.2) is 71.9 Å². The van der Waals surface area contributed by atoms with Crippen molar-refractivity contribution in [1.29, 1.82) is 0 Å². The lowest BCUT2D eigenvalue weighted by atomic mass is 10.1. The molecular formula is C24H24N4O3. The van der Waals surface area contributed by atoms with Crippen LogP contribution >= 0.6 is 0 Å². The lowest BCUT2D eigenvalue weighted by molar-refractivity contribution is -0.116. The maximum atomic E-state index is 13.0. The zero-order valence-corrected chi connectivity index (χ0v) is 17.5. The Morgan fingerprint density at radius 1 is 1.03 bits per heavy atom. The van der Waals surface area contributed by atoms with Crippen molar-refractivity contribution in [3.63, 3.8) is 0 Å². The zero-order chi connectivity index (χ0) is 21.8. The number of anilines is 1. The summed E-state index contributed by atoms with van der Waals surface area (Å²) >= 11 is 0. The summed E-state index contributed by atoms with van der Waals surface area (Å²) in [4.78, 5) is 30.3. The second-order valence-electron chi connectivity index (χ2n) is 7.08. The Hall–Kier alpha value is -3.87. The number of hydrogen-bond acceptors (Lipinski definition) is 4. The Morgan fingerprint density at radius 2 is 1.77 bits per heavy atom. The highest BCUT2D eigenvalue weighted by Gasteiger charge is 2.17. The lowest BCUT2D eigenvalue weighted by Crippen LogP contribution is -2.24. The van der Waals surface area contributed by atoms with Crippen molar-refractivity contribution in [3.8, 4) is 16.9 Å². The van der Waals surface area contributed by atoms with Crippen molar-refractivity contribution in [2.75, 3.05) is 11.9 Å². The number of nitrogens with one attached hydrogen (secondary N) is 1. The third-order valence-electron chi connectivity index (χ3n) is 5.03. The number of aromatic nitrogens is 3. The highest BCUT2D eigenvalue weighted by atomic mass is 16.5. The normalized spacial score (nSPS) is 10.9. The summed E-state index contributed by atoms with van der Waals surface area (Å²) < 4.78 is 8.65. The first-order valence-corrected chi connectivity index (χ1v) is 10.3. The molecule has 4 rings (SSSR count). The summed E-state index contributed by atoms with van der Waals surface area (Å²) in [6.45, 7) is 4.90. The molecule has 0 aliphatic rings. The second kappa shape index (κ2) is 8.87. The van der Waals surface area contributed by atoms with Gasteiger partial charge in [0.2, 0.25) is 5.91 Å². The maximum absolute atomic E-state index is 13.0. The number of aryl methyl sites for hydroxylation is 1. The number of rotatable bonds is 7. The van der Waals surface area contributed by atoms with Gasteiger partial charge in [0, 0.05) is 24.0 Å². The first-order valence-electron chi connectivity index (χ1n) is 10.3. The van der Waals surface area contributed by atoms with Crippen LogP contribution in [0.3, 0.4) is 0 Å². The monoisotopic (exact) mass is 416 g/mol. The summed E-state index contributed by atoms with van der Waals surface area (Å²) in [5, 5.41) is 2.88. The number of hydrogen-bond donors (Lipinski definition) is 1. The van der Waals surface area contributed by atoms with E-state index < -0.39 is 0 Å². The van der Waals surface area contributed by atoms with Gasteiger partial charge in [0.15, 0.2) is 0 Å². The Kier molecular flexibility index (Phi) is 5.84. The number of fused-ring (bicyclic) bond motifs is 1. The molecule has 0 saturated carbocycles. The molecular weight excluding hydrogens is 392 g/mol. The van der Waals surface area contributed by atoms with E-state index in [2.05, 4.69) is 10.3 Å². The average molecular weight is 416 g/mol. The van der Waals surface area contributed by atoms with E-state index in [4.69, 9.17) is 4.74 Å². The van der Waals surface area contributed by atoms with Gasteiger partial charge in [-0.15, -0.1) is 0 Å². The number of benzene rings is 2. The molecule has 7 nitrogen and oxygen atoms in total. The third kappa shape index (κ3) is 4.21. The summed E-state index contributed by atoms with van der Waals surface area (Å²) in [7, 11) is 0. The zero-order valence-electron chi connectivity index (χ0n) is 17.5. The molecule has 7 heteroatoms. The molecule has 0 saturated heterocycles. The van der Waals surface area contributed by atoms with E-state index in [0.29, 0.717) is 29.9 Å². The molecule has 0 aliphatic carbocycles. The lowest BCUT2D eigenvalue weighted by Gasteiger charge is -2.09. The van der Waals surface area contributed by atoms with Crippen molar-refractivity contribution in [3.05, 3.63) is 77.5 Å². The van der Waals surface area contributed by atoms with E-state index in [-0.39, 0.29) is 18.0 Å². The van der Waals surface area contributed by atoms with Crippen LogP contribution < -0.4 is 15.6 Å². The number of carbonyl (C=O) groups excluding carboxylic acids is 1. The van der Waals surface area contributed by atoms with Crippen LogP contribution in [0.1, 0.15) is 13.8 Å². The third-order valence-corrected chi connectivity index (χ3v) is 5.03. The Morgan fingerprint density at radius 3 is 2.45 bits per heavy atom. The minimum Gasteiger partial charge on any atom is -0.494 e. The fourth-order valence-corrected chi connectivity index (χ4v) is 3.55. The van der Waals surface area contributed by atoms with Gasteiger partial charge >= 0.3 is 0 Å². The fourth-order valence-electron chi connectivity index (χ4n) is 3.55. The first-order chi connectivity index (χ1) is 15.1. The van der Waals surface area contributed by atoms with Crippen molar-refractivity contribution in [1.82, 2.24) is 14.1 Å². The van der Waals surface area contributed by atoms with Crippen LogP contribution in [-0.2, 0) is 17.9 Å². The minimum absolute atomic E-state index is 0.00118. The number of carbonyl (C=O) groups is 1. The molecule has 2 heterocycles. The highest BCUT2D eigenvalue weighted by molar-refractivity contribution is 5.95. The number of amides is 1. The van der Waals surface area contributed by atoms with Gasteiger partial charge in [-0.1, -0.05) is 30.3 Å². The van der Waals surface area contributed by atoms with E-state index in [1.165, 1.54) is 4.57 Å². The van der Waals surface area contributed by atoms with E-state index >= 15 is 0 Å². The quantitative estimate of drug-likeness (QED) is 0.495. The SMILES string of the molecule is CCOc1ccc(NC(=O)Cn2cc(-c3ccccc3)c3ncn(CC)c(=O)c32)cc1. The van der Waals surface area contributed by atoms with Crippen LogP contribution in [-0.4, -0.2) is 26.6 Å². The molecule has 4 aromatic rings. The van der Waals surface area contributed by atoms with E-state index in [9.17, 15) is 9.59 Å². The highest BCUT2D eigenvalue weighted by Crippen LogP contribution is 2.27. The van der Waals surface area contributed by atoms with Gasteiger partial charge in [-0.05, 0) is 43.7 Å². The van der Waals surface area contributed by atoms with Gasteiger partial charge < -0.3 is 14.6 Å². The second-order valence-corrected chi connectivity index (χ2v) is 7.08. The summed E-state index contributed by atoms with van der Waals surface area (Å²) in [6.07, 6.45) is 3.38. The Labute approximate surface area is 179 Å². The molecule has 1 N–H and O–H groups in total. The molecule has 158 valence electrons. The molecule has 0 aliphatic heterocycles. The van der Waals surface area contributed by atoms with Crippen LogP contribution in [0, 0.1) is 0 Å². The van der Waals surface area contributed by atoms with Gasteiger partial charge in [0.1, 0.15) is 23.3 Å². The largest absolute Gasteiger partial charge is 0.494 e. The van der Waals surface area contributed by atoms with Crippen LogP contribution in [0.25, 0.3) is 22.2 Å². The fraction of sp³-hybridized carbons (Fsp3) is 0.208. The molecule has 2 aromatic heterocycles. The molecule has 1 amide bonds. The predicted octanol–water partition coefficient (Wildman–Crippen LogP) is 3.92. The molecule has 0 spiro atoms. The van der Waals surface area contributed by atoms with Crippen molar-refractivity contribution in [2.45, 2.75) is 26.9 Å². The van der Waals surface area contributed by atoms with E-state index in [1.54, 1.807) is 23.0 Å². The smallest absolute Gasteiger partial charge is 0.277 e. The molecule has 0 fully saturated rings. The minimum atomic E-state index is -0.230. The summed E-state index contributed by atoms with van der Waals surface area (Å²) in [5.41, 5.74) is 3.28. The summed E-state index contributed by atoms with van der Waals surface area (Å²) in [6, 6.07) is 16.9. The topological polar surface area (TPSA) is 78.2 Å². The van der Waals surface area contributed by atoms with Crippen molar-refractivity contribution < 1.29 is 9.53 Å². The van der Waals surface area contributed by atoms with Crippen molar-refractivity contribution >= 4 is 22.6 Å². The number of ether oxygens (including phenoxy) is 1. The average Bonchev–Trinajstić information content (AvgIpc) is 3.15. The molecule has 0 unspecified atom stereocenters. The van der Waals surface area contributed by atoms with E-state index in [0.717, 1.165) is 16.9 Å². The maximum Gasteiger partial charge on any atom is 0.277 e. The van der Waals surface area contributed by atoms with Gasteiger partial charge in [0.05, 0.1) is 12.9 Å². The standard InChI is InChI=1S/C24H24N4O3/c1-3-27-16-25-22-20(17-8-6-5-7-9-17)14-28(23(22)24(27)30)15-21(29)26-18-10-12-19(13-11-18)31-4-2/h5-14,16H,3-4,15H2,1-2H3,(H,26,29). The molecule has 0 bridgehead atoms. The number of nitrogens with zero attached hydrogens (tertiary/aromatic N) is 3. The molecule has 31 heavy (non-hydrogen) atoms. The first kappa shape index (κ1) is 20.4. The molecule has 2 aromatic carbocycles. The van der Waals surface area contributed by atoms with Crippen LogP contribution in [0.2, 0.25) is 0 Å². The van der Waals surface area contributed by atoms with Gasteiger partial charge in [0.25, 0.3) is 5.56 Å². The van der Waals surface area contributed by atoms with Gasteiger partial charge in [-0.2, -0.15) is 0 Å². The Bertz CT molecular complexity index is 1260. The van der Waals surface area contributed by atoms with Crippen LogP contribution in [0.5, 0.6) is 5.75 Å². The molecule has 0 radical (unpaired) electrons. The van der Waals surface area contributed by atoms with E-state index in [1.807, 2.05) is 62.5 Å². The van der Waals surface area contributed by atoms with Crippen LogP contribution in [0.4, 0.5) is 5.69 Å².